The summed E-state index contributed by atoms with van der Waals surface area (Å²) in [6.07, 6.45) is 1.85. The number of phenolic OH excluding ortho intramolecular Hbond substituents is 1. The van der Waals surface area contributed by atoms with Crippen molar-refractivity contribution in [3.05, 3.63) is 70.0 Å². The molecule has 1 heterocycles. The molecule has 0 saturated heterocycles. The molecule has 0 radical (unpaired) electrons. The molecule has 102 valence electrons. The first-order chi connectivity index (χ1) is 9.65. The SMILES string of the molecule is Oc1ccc(Br)cc1C1=CC(c2ccccc2F)NN1. The highest BCUT2D eigenvalue weighted by Gasteiger charge is 2.21. The first-order valence-electron chi connectivity index (χ1n) is 6.12. The van der Waals surface area contributed by atoms with Crippen LogP contribution >= 0.6 is 15.9 Å². The monoisotopic (exact) mass is 334 g/mol. The Morgan fingerprint density at radius 1 is 1.15 bits per heavy atom. The molecule has 0 amide bonds. The van der Waals surface area contributed by atoms with Crippen molar-refractivity contribution >= 4 is 21.6 Å². The summed E-state index contributed by atoms with van der Waals surface area (Å²) in [6, 6.07) is 11.5. The Morgan fingerprint density at radius 3 is 2.75 bits per heavy atom. The van der Waals surface area contributed by atoms with Gasteiger partial charge in [-0.1, -0.05) is 34.1 Å². The van der Waals surface area contributed by atoms with Crippen molar-refractivity contribution in [1.29, 1.82) is 0 Å². The van der Waals surface area contributed by atoms with Gasteiger partial charge in [-0.2, -0.15) is 0 Å². The zero-order valence-electron chi connectivity index (χ0n) is 10.4. The number of aromatic hydroxyl groups is 1. The van der Waals surface area contributed by atoms with Crippen LogP contribution in [-0.2, 0) is 0 Å². The Hall–Kier alpha value is -1.85. The third-order valence-electron chi connectivity index (χ3n) is 3.18. The van der Waals surface area contributed by atoms with Crippen molar-refractivity contribution in [2.45, 2.75) is 6.04 Å². The highest BCUT2D eigenvalue weighted by atomic mass is 79.9. The van der Waals surface area contributed by atoms with Gasteiger partial charge in [-0.05, 0) is 30.3 Å². The van der Waals surface area contributed by atoms with E-state index < -0.39 is 0 Å². The number of hydrogen-bond donors (Lipinski definition) is 3. The molecule has 0 spiro atoms. The maximum absolute atomic E-state index is 13.8. The van der Waals surface area contributed by atoms with Crippen LogP contribution < -0.4 is 10.9 Å². The zero-order chi connectivity index (χ0) is 14.1. The Labute approximate surface area is 124 Å². The quantitative estimate of drug-likeness (QED) is 0.787. The third-order valence-corrected chi connectivity index (χ3v) is 3.68. The fraction of sp³-hybridized carbons (Fsp3) is 0.0667. The molecule has 0 aliphatic carbocycles. The van der Waals surface area contributed by atoms with Gasteiger partial charge in [0.15, 0.2) is 0 Å². The maximum atomic E-state index is 13.8. The van der Waals surface area contributed by atoms with Crippen molar-refractivity contribution in [2.75, 3.05) is 0 Å². The van der Waals surface area contributed by atoms with Crippen LogP contribution in [0.2, 0.25) is 0 Å². The van der Waals surface area contributed by atoms with Gasteiger partial charge in [0.1, 0.15) is 11.6 Å². The Balaban J connectivity index is 1.96. The summed E-state index contributed by atoms with van der Waals surface area (Å²) in [5.41, 5.74) is 7.92. The van der Waals surface area contributed by atoms with E-state index in [0.717, 1.165) is 10.2 Å². The van der Waals surface area contributed by atoms with Gasteiger partial charge >= 0.3 is 0 Å². The maximum Gasteiger partial charge on any atom is 0.128 e. The number of hydrogen-bond acceptors (Lipinski definition) is 3. The zero-order valence-corrected chi connectivity index (χ0v) is 12.0. The summed E-state index contributed by atoms with van der Waals surface area (Å²) < 4.78 is 14.6. The normalized spacial score (nSPS) is 17.7. The molecule has 0 aromatic heterocycles. The minimum atomic E-state index is -0.274. The molecule has 20 heavy (non-hydrogen) atoms. The van der Waals surface area contributed by atoms with Crippen molar-refractivity contribution in [3.63, 3.8) is 0 Å². The average molecular weight is 335 g/mol. The fourth-order valence-corrected chi connectivity index (χ4v) is 2.54. The molecule has 0 saturated carbocycles. The molecule has 0 bridgehead atoms. The van der Waals surface area contributed by atoms with E-state index in [1.807, 2.05) is 6.08 Å². The predicted molar refractivity (Wildman–Crippen MR) is 79.2 cm³/mol. The van der Waals surface area contributed by atoms with Gasteiger partial charge in [-0.3, -0.25) is 0 Å². The fourth-order valence-electron chi connectivity index (χ4n) is 2.18. The van der Waals surface area contributed by atoms with E-state index in [0.29, 0.717) is 11.1 Å². The Kier molecular flexibility index (Phi) is 3.46. The average Bonchev–Trinajstić information content (AvgIpc) is 2.91. The van der Waals surface area contributed by atoms with Crippen molar-refractivity contribution < 1.29 is 9.50 Å². The van der Waals surface area contributed by atoms with E-state index in [-0.39, 0.29) is 17.6 Å². The molecular weight excluding hydrogens is 323 g/mol. The second-order valence-corrected chi connectivity index (χ2v) is 5.43. The first kappa shape index (κ1) is 13.1. The lowest BCUT2D eigenvalue weighted by Gasteiger charge is -2.10. The molecule has 1 aliphatic heterocycles. The summed E-state index contributed by atoms with van der Waals surface area (Å²) in [7, 11) is 0. The first-order valence-corrected chi connectivity index (χ1v) is 6.91. The van der Waals surface area contributed by atoms with Crippen LogP contribution in [0.3, 0.4) is 0 Å². The third kappa shape index (κ3) is 2.42. The van der Waals surface area contributed by atoms with Crippen LogP contribution in [0, 0.1) is 5.82 Å². The van der Waals surface area contributed by atoms with Crippen LogP contribution in [-0.4, -0.2) is 5.11 Å². The number of rotatable bonds is 2. The highest BCUT2D eigenvalue weighted by molar-refractivity contribution is 9.10. The van der Waals surface area contributed by atoms with Gasteiger partial charge in [0.25, 0.3) is 0 Å². The number of hydrazine groups is 1. The molecular formula is C15H12BrFN2O. The van der Waals surface area contributed by atoms with Crippen molar-refractivity contribution in [2.24, 2.45) is 0 Å². The largest absolute Gasteiger partial charge is 0.507 e. The molecule has 0 fully saturated rings. The summed E-state index contributed by atoms with van der Waals surface area (Å²) in [5.74, 6) is -0.0919. The van der Waals surface area contributed by atoms with Crippen LogP contribution in [0.4, 0.5) is 4.39 Å². The summed E-state index contributed by atoms with van der Waals surface area (Å²) in [4.78, 5) is 0. The van der Waals surface area contributed by atoms with E-state index in [1.54, 1.807) is 36.4 Å². The van der Waals surface area contributed by atoms with E-state index in [1.165, 1.54) is 6.07 Å². The molecule has 3 N–H and O–H groups in total. The lowest BCUT2D eigenvalue weighted by Crippen LogP contribution is -2.26. The number of phenols is 1. The molecule has 1 aliphatic rings. The van der Waals surface area contributed by atoms with Gasteiger partial charge in [-0.25, -0.2) is 9.82 Å². The second kappa shape index (κ2) is 5.26. The molecule has 1 atom stereocenters. The summed E-state index contributed by atoms with van der Waals surface area (Å²) in [5, 5.41) is 9.90. The topological polar surface area (TPSA) is 44.3 Å². The number of halogens is 2. The minimum Gasteiger partial charge on any atom is -0.507 e. The summed E-state index contributed by atoms with van der Waals surface area (Å²) in [6.45, 7) is 0. The lowest BCUT2D eigenvalue weighted by molar-refractivity contribution is 0.472. The lowest BCUT2D eigenvalue weighted by atomic mass is 10.0. The molecule has 2 aromatic rings. The van der Waals surface area contributed by atoms with Crippen LogP contribution in [0.15, 0.2) is 53.0 Å². The standard InChI is InChI=1S/C15H12BrFN2O/c16-9-5-6-15(20)11(7-9)14-8-13(18-19-14)10-3-1-2-4-12(10)17/h1-8,13,18-20H. The van der Waals surface area contributed by atoms with E-state index >= 15 is 0 Å². The van der Waals surface area contributed by atoms with Crippen LogP contribution in [0.5, 0.6) is 5.75 Å². The van der Waals surface area contributed by atoms with Crippen LogP contribution in [0.25, 0.3) is 5.70 Å². The minimum absolute atomic E-state index is 0.169. The van der Waals surface area contributed by atoms with Gasteiger partial charge < -0.3 is 10.5 Å². The predicted octanol–water partition coefficient (Wildman–Crippen LogP) is 3.48. The number of nitrogens with one attached hydrogen (secondary N) is 2. The molecule has 2 aromatic carbocycles. The van der Waals surface area contributed by atoms with Crippen LogP contribution in [0.1, 0.15) is 17.2 Å². The van der Waals surface area contributed by atoms with Gasteiger partial charge in [0.05, 0.1) is 11.7 Å². The molecule has 5 heteroatoms. The van der Waals surface area contributed by atoms with Gasteiger partial charge in [0, 0.05) is 15.6 Å². The Bertz CT molecular complexity index is 687. The van der Waals surface area contributed by atoms with Gasteiger partial charge in [0.2, 0.25) is 0 Å². The summed E-state index contributed by atoms with van der Waals surface area (Å²) >= 11 is 3.37. The smallest absolute Gasteiger partial charge is 0.128 e. The van der Waals surface area contributed by atoms with Gasteiger partial charge in [-0.15, -0.1) is 0 Å². The second-order valence-electron chi connectivity index (χ2n) is 4.51. The molecule has 3 rings (SSSR count). The molecule has 1 unspecified atom stereocenters. The molecule has 3 nitrogen and oxygen atoms in total. The van der Waals surface area contributed by atoms with Crippen molar-refractivity contribution in [1.82, 2.24) is 10.9 Å². The Morgan fingerprint density at radius 2 is 1.95 bits per heavy atom. The van der Waals surface area contributed by atoms with E-state index in [2.05, 4.69) is 26.8 Å². The number of benzene rings is 2. The highest BCUT2D eigenvalue weighted by Crippen LogP contribution is 2.31. The van der Waals surface area contributed by atoms with E-state index in [9.17, 15) is 9.50 Å². The van der Waals surface area contributed by atoms with Crippen molar-refractivity contribution in [3.8, 4) is 5.75 Å². The van der Waals surface area contributed by atoms with E-state index in [4.69, 9.17) is 0 Å².